The quantitative estimate of drug-likeness (QED) is 0.885. The van der Waals surface area contributed by atoms with Gasteiger partial charge >= 0.3 is 0 Å². The Balaban J connectivity index is 1.84. The van der Waals surface area contributed by atoms with Crippen molar-refractivity contribution in [3.63, 3.8) is 0 Å². The second-order valence-corrected chi connectivity index (χ2v) is 7.58. The summed E-state index contributed by atoms with van der Waals surface area (Å²) in [6.07, 6.45) is 7.27. The summed E-state index contributed by atoms with van der Waals surface area (Å²) in [5.41, 5.74) is 3.50. The van der Waals surface area contributed by atoms with Crippen LogP contribution in [0.1, 0.15) is 48.8 Å². The third kappa shape index (κ3) is 2.73. The molecule has 1 unspecified atom stereocenters. The monoisotopic (exact) mass is 326 g/mol. The number of hydrogen-bond acceptors (Lipinski definition) is 4. The van der Waals surface area contributed by atoms with Crippen LogP contribution < -0.4 is 14.7 Å². The zero-order chi connectivity index (χ0) is 16.5. The second-order valence-electron chi connectivity index (χ2n) is 7.58. The van der Waals surface area contributed by atoms with Gasteiger partial charge < -0.3 is 14.7 Å². The van der Waals surface area contributed by atoms with Crippen LogP contribution in [0.15, 0.2) is 0 Å². The molecule has 24 heavy (non-hydrogen) atoms. The van der Waals surface area contributed by atoms with Gasteiger partial charge in [0, 0.05) is 32.6 Å². The largest absolute Gasteiger partial charge is 0.356 e. The van der Waals surface area contributed by atoms with Crippen molar-refractivity contribution in [1.29, 1.82) is 5.26 Å². The number of rotatable bonds is 2. The summed E-state index contributed by atoms with van der Waals surface area (Å²) >= 11 is 0. The lowest BCUT2D eigenvalue weighted by molar-refractivity contribution is -0.895. The van der Waals surface area contributed by atoms with E-state index >= 15 is 0 Å². The van der Waals surface area contributed by atoms with Gasteiger partial charge in [0.15, 0.2) is 0 Å². The van der Waals surface area contributed by atoms with E-state index in [9.17, 15) is 5.26 Å². The van der Waals surface area contributed by atoms with E-state index in [1.807, 2.05) is 0 Å². The SMILES string of the molecule is C[NH+]1CCc2c(C#N)c(N3CCCCC3)nc(N3CCCC3)c2C1. The van der Waals surface area contributed by atoms with Gasteiger partial charge in [0.05, 0.1) is 24.7 Å². The zero-order valence-electron chi connectivity index (χ0n) is 14.8. The number of anilines is 2. The van der Waals surface area contributed by atoms with Gasteiger partial charge in [-0.3, -0.25) is 0 Å². The van der Waals surface area contributed by atoms with Crippen LogP contribution in [-0.4, -0.2) is 44.8 Å². The third-order valence-corrected chi connectivity index (χ3v) is 5.82. The van der Waals surface area contributed by atoms with Gasteiger partial charge in [0.2, 0.25) is 0 Å². The summed E-state index contributed by atoms with van der Waals surface area (Å²) in [7, 11) is 2.25. The Morgan fingerprint density at radius 3 is 2.21 bits per heavy atom. The summed E-state index contributed by atoms with van der Waals surface area (Å²) in [4.78, 5) is 11.5. The highest BCUT2D eigenvalue weighted by molar-refractivity contribution is 5.67. The van der Waals surface area contributed by atoms with Crippen molar-refractivity contribution in [3.8, 4) is 6.07 Å². The van der Waals surface area contributed by atoms with Crippen LogP contribution >= 0.6 is 0 Å². The predicted molar refractivity (Wildman–Crippen MR) is 95.6 cm³/mol. The first-order chi connectivity index (χ1) is 11.8. The molecule has 2 fully saturated rings. The number of pyridine rings is 1. The molecule has 0 spiro atoms. The van der Waals surface area contributed by atoms with Gasteiger partial charge in [0.1, 0.15) is 24.2 Å². The molecule has 1 aromatic rings. The number of quaternary nitrogens is 1. The highest BCUT2D eigenvalue weighted by atomic mass is 15.3. The smallest absolute Gasteiger partial charge is 0.149 e. The first-order valence-electron chi connectivity index (χ1n) is 9.55. The van der Waals surface area contributed by atoms with E-state index in [4.69, 9.17) is 4.98 Å². The van der Waals surface area contributed by atoms with Crippen molar-refractivity contribution in [2.24, 2.45) is 0 Å². The summed E-state index contributed by atoms with van der Waals surface area (Å²) in [6.45, 7) is 6.44. The molecule has 0 saturated carbocycles. The number of piperidine rings is 1. The molecule has 3 aliphatic rings. The van der Waals surface area contributed by atoms with Crippen LogP contribution in [0.5, 0.6) is 0 Å². The first kappa shape index (κ1) is 15.7. The van der Waals surface area contributed by atoms with Crippen LogP contribution in [0, 0.1) is 11.3 Å². The number of aromatic nitrogens is 1. The zero-order valence-corrected chi connectivity index (χ0v) is 14.8. The maximum atomic E-state index is 9.89. The Morgan fingerprint density at radius 2 is 1.54 bits per heavy atom. The van der Waals surface area contributed by atoms with Gasteiger partial charge in [0.25, 0.3) is 0 Å². The lowest BCUT2D eigenvalue weighted by Crippen LogP contribution is -3.08. The summed E-state index contributed by atoms with van der Waals surface area (Å²) in [5.74, 6) is 2.15. The molecule has 128 valence electrons. The number of nitrogens with one attached hydrogen (secondary N) is 1. The van der Waals surface area contributed by atoms with Gasteiger partial charge in [-0.15, -0.1) is 0 Å². The van der Waals surface area contributed by atoms with Crippen molar-refractivity contribution in [2.75, 3.05) is 49.6 Å². The second kappa shape index (κ2) is 6.60. The molecule has 1 aromatic heterocycles. The molecule has 4 heterocycles. The Morgan fingerprint density at radius 1 is 0.917 bits per heavy atom. The standard InChI is InChI=1S/C19H27N5/c1-22-12-7-15-16(13-20)18(23-8-3-2-4-9-23)21-19(17(15)14-22)24-10-5-6-11-24/h2-12,14H2,1H3/p+1. The molecule has 4 rings (SSSR count). The Labute approximate surface area is 144 Å². The van der Waals surface area contributed by atoms with Crippen LogP contribution in [0.25, 0.3) is 0 Å². The fourth-order valence-corrected chi connectivity index (χ4v) is 4.48. The van der Waals surface area contributed by atoms with Gasteiger partial charge in [-0.1, -0.05) is 0 Å². The maximum absolute atomic E-state index is 9.89. The third-order valence-electron chi connectivity index (χ3n) is 5.82. The molecule has 0 amide bonds. The summed E-state index contributed by atoms with van der Waals surface area (Å²) < 4.78 is 0. The first-order valence-corrected chi connectivity index (χ1v) is 9.55. The average Bonchev–Trinajstić information content (AvgIpc) is 3.15. The van der Waals surface area contributed by atoms with E-state index in [2.05, 4.69) is 22.9 Å². The Kier molecular flexibility index (Phi) is 4.32. The number of hydrogen-bond donors (Lipinski definition) is 1. The number of nitrogens with zero attached hydrogens (tertiary/aromatic N) is 4. The van der Waals surface area contributed by atoms with Crippen molar-refractivity contribution in [2.45, 2.75) is 45.1 Å². The lowest BCUT2D eigenvalue weighted by Gasteiger charge is -2.33. The molecule has 0 bridgehead atoms. The topological polar surface area (TPSA) is 47.6 Å². The van der Waals surface area contributed by atoms with E-state index in [0.29, 0.717) is 0 Å². The van der Waals surface area contributed by atoms with Crippen molar-refractivity contribution in [1.82, 2.24) is 4.98 Å². The van der Waals surface area contributed by atoms with Crippen LogP contribution in [-0.2, 0) is 13.0 Å². The van der Waals surface area contributed by atoms with E-state index in [1.165, 1.54) is 53.9 Å². The van der Waals surface area contributed by atoms with Crippen LogP contribution in [0.2, 0.25) is 0 Å². The van der Waals surface area contributed by atoms with Crippen LogP contribution in [0.4, 0.5) is 11.6 Å². The Bertz CT molecular complexity index is 651. The summed E-state index contributed by atoms with van der Waals surface area (Å²) in [5, 5.41) is 9.89. The molecule has 0 aliphatic carbocycles. The minimum Gasteiger partial charge on any atom is -0.356 e. The number of fused-ring (bicyclic) bond motifs is 1. The van der Waals surface area contributed by atoms with Gasteiger partial charge in [-0.05, 0) is 37.7 Å². The molecule has 5 nitrogen and oxygen atoms in total. The molecule has 2 saturated heterocycles. The van der Waals surface area contributed by atoms with E-state index in [-0.39, 0.29) is 0 Å². The normalized spacial score (nSPS) is 23.9. The highest BCUT2D eigenvalue weighted by Crippen LogP contribution is 2.34. The van der Waals surface area contributed by atoms with Crippen molar-refractivity contribution in [3.05, 3.63) is 16.7 Å². The average molecular weight is 326 g/mol. The van der Waals surface area contributed by atoms with E-state index in [0.717, 1.165) is 57.1 Å². The van der Waals surface area contributed by atoms with Crippen molar-refractivity contribution >= 4 is 11.6 Å². The molecule has 0 radical (unpaired) electrons. The van der Waals surface area contributed by atoms with Gasteiger partial charge in [-0.25, -0.2) is 4.98 Å². The molecule has 1 N–H and O–H groups in total. The van der Waals surface area contributed by atoms with Crippen molar-refractivity contribution < 1.29 is 4.90 Å². The summed E-state index contributed by atoms with van der Waals surface area (Å²) in [6, 6.07) is 2.52. The molecule has 5 heteroatoms. The van der Waals surface area contributed by atoms with E-state index in [1.54, 1.807) is 0 Å². The minimum atomic E-state index is 0.863. The highest BCUT2D eigenvalue weighted by Gasteiger charge is 2.31. The lowest BCUT2D eigenvalue weighted by atomic mass is 9.95. The number of likely N-dealkylation sites (N-methyl/N-ethyl adjacent to an activating group) is 1. The van der Waals surface area contributed by atoms with E-state index < -0.39 is 0 Å². The maximum Gasteiger partial charge on any atom is 0.149 e. The number of nitriles is 1. The minimum absolute atomic E-state index is 0.863. The molecule has 1 atom stereocenters. The molecular weight excluding hydrogens is 298 g/mol. The fourth-order valence-electron chi connectivity index (χ4n) is 4.48. The Hall–Kier alpha value is -1.80. The van der Waals surface area contributed by atoms with Gasteiger partial charge in [-0.2, -0.15) is 5.26 Å². The fraction of sp³-hybridized carbons (Fsp3) is 0.684. The van der Waals surface area contributed by atoms with Crippen LogP contribution in [0.3, 0.4) is 0 Å². The molecule has 3 aliphatic heterocycles. The molecule has 0 aromatic carbocycles. The molecular formula is C19H28N5+. The predicted octanol–water partition coefficient (Wildman–Crippen LogP) is 1.11.